The molecule has 0 spiro atoms. The van der Waals surface area contributed by atoms with Gasteiger partial charge in [-0.1, -0.05) is 254 Å². The van der Waals surface area contributed by atoms with E-state index in [0.717, 1.165) is 0 Å². The van der Waals surface area contributed by atoms with Crippen LogP contribution in [-0.4, -0.2) is 41.1 Å². The predicted molar refractivity (Wildman–Crippen MR) is 538 cm³/mol. The average molecular weight is 1630 g/mol. The van der Waals surface area contributed by atoms with Crippen LogP contribution in [0.2, 0.25) is 0 Å². The normalized spacial score (nSPS) is 11.9. The van der Waals surface area contributed by atoms with Gasteiger partial charge in [-0.3, -0.25) is 0 Å². The van der Waals surface area contributed by atoms with Gasteiger partial charge in [-0.25, -0.2) is 0 Å². The van der Waals surface area contributed by atoms with Gasteiger partial charge < -0.3 is 41.1 Å². The highest BCUT2D eigenvalue weighted by atomic mass is 15.0. The Morgan fingerprint density at radius 1 is 0.118 bits per heavy atom. The van der Waals surface area contributed by atoms with Crippen LogP contribution < -0.4 is 0 Å². The summed E-state index contributed by atoms with van der Waals surface area (Å²) in [5, 5.41) is 23.2. The third-order valence-electron chi connectivity index (χ3n) is 26.9. The van der Waals surface area contributed by atoms with E-state index in [4.69, 9.17) is 0 Å². The summed E-state index contributed by atoms with van der Waals surface area (Å²) in [5.74, 6) is 0. The van der Waals surface area contributed by atoms with Gasteiger partial charge in [0.05, 0.1) is 71.7 Å². The molecule has 9 heteroatoms. The minimum Gasteiger partial charge on any atom is -0.344 e. The van der Waals surface area contributed by atoms with Crippen molar-refractivity contribution in [1.82, 2.24) is 41.1 Å². The summed E-state index contributed by atoms with van der Waals surface area (Å²) in [6.45, 7) is 2.16. The van der Waals surface area contributed by atoms with Gasteiger partial charge in [-0.05, 0) is 189 Å². The zero-order chi connectivity index (χ0) is 84.2. The number of benzene rings is 19. The lowest BCUT2D eigenvalue weighted by Gasteiger charge is -2.10. The molecule has 0 fully saturated rings. The molecule has 9 aromatic heterocycles. The summed E-state index contributed by atoms with van der Waals surface area (Å²) in [7, 11) is 6.47. The van der Waals surface area contributed by atoms with Crippen LogP contribution in [0.3, 0.4) is 0 Å². The molecule has 0 unspecified atom stereocenters. The average Bonchev–Trinajstić information content (AvgIpc) is 1.58. The Hall–Kier alpha value is -16.6. The lowest BCUT2D eigenvalue weighted by atomic mass is 10.1. The summed E-state index contributed by atoms with van der Waals surface area (Å²) < 4.78 is 21.2. The Morgan fingerprint density at radius 2 is 0.291 bits per heavy atom. The Bertz CT molecular complexity index is 8970. The van der Waals surface area contributed by atoms with Crippen molar-refractivity contribution in [2.45, 2.75) is 6.92 Å². The van der Waals surface area contributed by atoms with Crippen LogP contribution in [0.1, 0.15) is 5.56 Å². The number of fused-ring (bicyclic) bond motifs is 27. The number of para-hydroxylation sites is 13. The molecule has 0 aliphatic rings. The molecular weight excluding hydrogens is 1540 g/mol. The molecule has 9 heterocycles. The molecule has 0 saturated heterocycles. The highest BCUT2D eigenvalue weighted by Crippen LogP contribution is 2.44. The first-order chi connectivity index (χ1) is 62.7. The summed E-state index contributed by atoms with van der Waals surface area (Å²) in [5.41, 5.74) is 30.8. The van der Waals surface area contributed by atoms with Gasteiger partial charge in [0.2, 0.25) is 0 Å². The van der Waals surface area contributed by atoms with E-state index in [1.807, 2.05) is 0 Å². The van der Waals surface area contributed by atoms with E-state index in [-0.39, 0.29) is 0 Å². The second-order valence-corrected chi connectivity index (χ2v) is 33.8. The first kappa shape index (κ1) is 73.1. The molecule has 9 nitrogen and oxygen atoms in total. The van der Waals surface area contributed by atoms with Gasteiger partial charge in [0.15, 0.2) is 0 Å². The van der Waals surface area contributed by atoms with Gasteiger partial charge in [0.25, 0.3) is 0 Å². The van der Waals surface area contributed by atoms with Crippen LogP contribution >= 0.6 is 0 Å². The minimum absolute atomic E-state index is 1.18. The third-order valence-corrected chi connectivity index (χ3v) is 26.9. The standard InChI is InChI=1S/C37H25N3.C31H22N2.2C25H18N2/c1-38-32-20-18-24(39-34-14-6-2-10-26(34)27-11-3-7-15-35(27)39)22-30(32)31-23-25(19-21-33(31)38)40-36-16-8-4-12-28(36)29-13-5-9-17-37(29)40;1-21-15-17-30-26(19-21)24-11-5-8-14-29(24)33(30)23-16-18-31-27(20-23)25-12-6-7-13-28(25)32(31)22-9-3-2-4-10-22;1-26-22-11-5-2-10-20(22)21-16-17(14-15-23(21)26)27-24-12-6-3-8-18(24)19-9-4-7-13-25(19)27;1-26-22-11-5-2-8-18(22)21-15-14-17(16-25(21)26)27-23-12-6-3-9-19(23)20-10-4-7-13-24(20)27/h2-23H,1H3;2-20H,1H3;2*2-16H,1H3. The zero-order valence-corrected chi connectivity index (χ0v) is 70.5. The first-order valence-electron chi connectivity index (χ1n) is 43.7. The lowest BCUT2D eigenvalue weighted by Crippen LogP contribution is -1.95. The monoisotopic (exact) mass is 1630 g/mol. The van der Waals surface area contributed by atoms with E-state index in [1.165, 1.54) is 236 Å². The summed E-state index contributed by atoms with van der Waals surface area (Å²) >= 11 is 0. The SMILES string of the molecule is Cc1ccc2c(c1)c1ccccc1n2-c1ccc2c(c1)c1ccccc1n2-c1ccccc1.Cn1c2ccc(-n3c4ccccc4c4ccccc43)cc2c2cc(-n3c4ccccc4c4ccccc43)ccc21.Cn1c2ccccc2c2cc(-n3c4ccccc4c4ccccc43)ccc21.Cn1c2ccccc2c2ccc(-n3c4ccccc4c4ccccc43)cc21. The van der Waals surface area contributed by atoms with Crippen molar-refractivity contribution in [3.8, 4) is 34.1 Å². The maximum atomic E-state index is 2.40. The maximum Gasteiger partial charge on any atom is 0.0542 e. The van der Waals surface area contributed by atoms with Crippen molar-refractivity contribution in [3.05, 3.63) is 436 Å². The van der Waals surface area contributed by atoms with E-state index in [1.54, 1.807) is 0 Å². The second-order valence-electron chi connectivity index (χ2n) is 33.8. The van der Waals surface area contributed by atoms with Crippen molar-refractivity contribution in [1.29, 1.82) is 0 Å². The molecule has 127 heavy (non-hydrogen) atoms. The molecule has 19 aromatic carbocycles. The van der Waals surface area contributed by atoms with Crippen LogP contribution in [0.5, 0.6) is 0 Å². The first-order valence-corrected chi connectivity index (χ1v) is 43.7. The molecule has 0 aliphatic carbocycles. The quantitative estimate of drug-likeness (QED) is 0.159. The Balaban J connectivity index is 0.0000000933. The molecule has 0 N–H and O–H groups in total. The fourth-order valence-electron chi connectivity index (χ4n) is 21.2. The fourth-order valence-corrected chi connectivity index (χ4v) is 21.2. The predicted octanol–water partition coefficient (Wildman–Crippen LogP) is 30.6. The molecule has 600 valence electrons. The van der Waals surface area contributed by atoms with Gasteiger partial charge >= 0.3 is 0 Å². The van der Waals surface area contributed by atoms with Gasteiger partial charge in [0, 0.05) is 180 Å². The van der Waals surface area contributed by atoms with Crippen molar-refractivity contribution in [2.75, 3.05) is 0 Å². The van der Waals surface area contributed by atoms with Crippen LogP contribution in [0.25, 0.3) is 230 Å². The fraction of sp³-hybridized carbons (Fsp3) is 0.0339. The number of aromatic nitrogens is 9. The van der Waals surface area contributed by atoms with Crippen molar-refractivity contribution in [2.24, 2.45) is 21.1 Å². The summed E-state index contributed by atoms with van der Waals surface area (Å²) in [6.07, 6.45) is 0. The van der Waals surface area contributed by atoms with E-state index >= 15 is 0 Å². The van der Waals surface area contributed by atoms with E-state index in [0.29, 0.717) is 0 Å². The molecule has 0 saturated carbocycles. The maximum absolute atomic E-state index is 2.40. The van der Waals surface area contributed by atoms with Crippen molar-refractivity contribution >= 4 is 196 Å². The smallest absolute Gasteiger partial charge is 0.0542 e. The van der Waals surface area contributed by atoms with Gasteiger partial charge in [-0.15, -0.1) is 0 Å². The molecule has 28 rings (SSSR count). The number of hydrogen-bond acceptors (Lipinski definition) is 0. The topological polar surface area (TPSA) is 44.4 Å². The highest BCUT2D eigenvalue weighted by molar-refractivity contribution is 6.18. The Labute approximate surface area is 730 Å². The van der Waals surface area contributed by atoms with Gasteiger partial charge in [-0.2, -0.15) is 0 Å². The summed E-state index contributed by atoms with van der Waals surface area (Å²) in [6, 6.07) is 156. The van der Waals surface area contributed by atoms with E-state index < -0.39 is 0 Å². The highest BCUT2D eigenvalue weighted by Gasteiger charge is 2.23. The molecule has 28 aromatic rings. The molecule has 0 amide bonds. The number of nitrogens with zero attached hydrogens (tertiary/aromatic N) is 9. The van der Waals surface area contributed by atoms with Crippen molar-refractivity contribution < 1.29 is 0 Å². The molecular formula is C118H83N9. The second kappa shape index (κ2) is 29.0. The van der Waals surface area contributed by atoms with E-state index in [9.17, 15) is 0 Å². The van der Waals surface area contributed by atoms with Crippen LogP contribution in [0.15, 0.2) is 431 Å². The molecule has 0 atom stereocenters. The van der Waals surface area contributed by atoms with Crippen molar-refractivity contribution in [3.63, 3.8) is 0 Å². The van der Waals surface area contributed by atoms with Crippen LogP contribution in [-0.2, 0) is 21.1 Å². The van der Waals surface area contributed by atoms with Gasteiger partial charge in [0.1, 0.15) is 0 Å². The molecule has 0 aliphatic heterocycles. The lowest BCUT2D eigenvalue weighted by molar-refractivity contribution is 1.01. The third kappa shape index (κ3) is 11.3. The zero-order valence-electron chi connectivity index (χ0n) is 70.5. The number of rotatable bonds is 6. The summed E-state index contributed by atoms with van der Waals surface area (Å²) in [4.78, 5) is 0. The van der Waals surface area contributed by atoms with Crippen LogP contribution in [0.4, 0.5) is 0 Å². The largest absolute Gasteiger partial charge is 0.344 e. The molecule has 0 radical (unpaired) electrons. The number of aryl methyl sites for hydroxylation is 4. The Kier molecular flexibility index (Phi) is 16.7. The number of hydrogen-bond donors (Lipinski definition) is 0. The Morgan fingerprint density at radius 3 is 0.606 bits per heavy atom. The van der Waals surface area contributed by atoms with Crippen LogP contribution in [0, 0.1) is 6.92 Å². The van der Waals surface area contributed by atoms with E-state index in [2.05, 4.69) is 500 Å². The molecule has 0 bridgehead atoms. The minimum atomic E-state index is 1.18.